The van der Waals surface area contributed by atoms with E-state index in [2.05, 4.69) is 15.3 Å². The maximum absolute atomic E-state index is 12.4. The number of aromatic amines is 1. The van der Waals surface area contributed by atoms with Gasteiger partial charge in [-0.2, -0.15) is 0 Å². The number of ether oxygens (including phenoxy) is 1. The number of amides is 2. The van der Waals surface area contributed by atoms with E-state index in [-0.39, 0.29) is 24.0 Å². The van der Waals surface area contributed by atoms with Crippen LogP contribution in [0, 0.1) is 5.92 Å². The van der Waals surface area contributed by atoms with Gasteiger partial charge in [-0.15, -0.1) is 0 Å². The largest absolute Gasteiger partial charge is 0.365 e. The van der Waals surface area contributed by atoms with Crippen molar-refractivity contribution in [2.45, 2.75) is 44.8 Å². The fraction of sp³-hybridized carbons (Fsp3) is 0.688. The monoisotopic (exact) mass is 320 g/mol. The van der Waals surface area contributed by atoms with Crippen molar-refractivity contribution in [1.29, 1.82) is 0 Å². The highest BCUT2D eigenvalue weighted by molar-refractivity contribution is 5.91. The summed E-state index contributed by atoms with van der Waals surface area (Å²) in [5.74, 6) is 0.444. The Morgan fingerprint density at radius 1 is 1.43 bits per heavy atom. The number of carbonyl (C=O) groups excluding carboxylic acids is 2. The molecule has 3 unspecified atom stereocenters. The lowest BCUT2D eigenvalue weighted by atomic mass is 10.1. The molecule has 2 fully saturated rings. The Balaban J connectivity index is 1.38. The topological polar surface area (TPSA) is 87.3 Å². The smallest absolute Gasteiger partial charge is 0.269 e. The second-order valence-corrected chi connectivity index (χ2v) is 6.46. The van der Waals surface area contributed by atoms with Crippen LogP contribution in [0.25, 0.3) is 0 Å². The summed E-state index contributed by atoms with van der Waals surface area (Å²) in [5.41, 5.74) is 0.473. The highest BCUT2D eigenvalue weighted by Crippen LogP contribution is 2.25. The number of H-pyrrole nitrogens is 1. The van der Waals surface area contributed by atoms with Gasteiger partial charge in [-0.25, -0.2) is 4.98 Å². The first kappa shape index (κ1) is 16.0. The van der Waals surface area contributed by atoms with Gasteiger partial charge in [0.25, 0.3) is 11.8 Å². The van der Waals surface area contributed by atoms with Crippen molar-refractivity contribution >= 4 is 11.8 Å². The zero-order valence-corrected chi connectivity index (χ0v) is 13.5. The molecule has 0 bridgehead atoms. The molecule has 1 aromatic heterocycles. The number of imidazole rings is 1. The summed E-state index contributed by atoms with van der Waals surface area (Å²) in [4.78, 5) is 32.7. The van der Waals surface area contributed by atoms with Crippen LogP contribution < -0.4 is 5.32 Å². The van der Waals surface area contributed by atoms with E-state index in [1.807, 2.05) is 11.8 Å². The molecule has 3 heterocycles. The second-order valence-electron chi connectivity index (χ2n) is 6.46. The highest BCUT2D eigenvalue weighted by atomic mass is 16.5. The fourth-order valence-electron chi connectivity index (χ4n) is 3.32. The molecule has 1 aromatic rings. The SMILES string of the molecule is CC1CCC(C(=O)N2CCC(CCNC(=O)c3cnc[nH]3)C2)O1. The molecule has 2 saturated heterocycles. The highest BCUT2D eigenvalue weighted by Gasteiger charge is 2.34. The minimum atomic E-state index is -0.246. The van der Waals surface area contributed by atoms with Crippen LogP contribution in [0.5, 0.6) is 0 Å². The Morgan fingerprint density at radius 3 is 3.00 bits per heavy atom. The van der Waals surface area contributed by atoms with Crippen LogP contribution in [-0.2, 0) is 9.53 Å². The first-order chi connectivity index (χ1) is 11.1. The van der Waals surface area contributed by atoms with Gasteiger partial charge in [0.1, 0.15) is 11.8 Å². The third-order valence-electron chi connectivity index (χ3n) is 4.69. The third-order valence-corrected chi connectivity index (χ3v) is 4.69. The molecular formula is C16H24N4O3. The number of nitrogens with one attached hydrogen (secondary N) is 2. The second kappa shape index (κ2) is 7.12. The van der Waals surface area contributed by atoms with E-state index in [0.29, 0.717) is 18.2 Å². The average Bonchev–Trinajstić information content (AvgIpc) is 3.28. The van der Waals surface area contributed by atoms with Crippen molar-refractivity contribution < 1.29 is 14.3 Å². The number of nitrogens with zero attached hydrogens (tertiary/aromatic N) is 2. The Hall–Kier alpha value is -1.89. The molecule has 23 heavy (non-hydrogen) atoms. The van der Waals surface area contributed by atoms with Crippen LogP contribution in [0.3, 0.4) is 0 Å². The molecule has 0 aromatic carbocycles. The molecule has 3 atom stereocenters. The Labute approximate surface area is 135 Å². The van der Waals surface area contributed by atoms with Crippen LogP contribution in [-0.4, -0.2) is 58.5 Å². The normalized spacial score (nSPS) is 27.3. The molecular weight excluding hydrogens is 296 g/mol. The van der Waals surface area contributed by atoms with Crippen molar-refractivity contribution in [3.05, 3.63) is 18.2 Å². The minimum absolute atomic E-state index is 0.137. The maximum Gasteiger partial charge on any atom is 0.269 e. The van der Waals surface area contributed by atoms with E-state index < -0.39 is 0 Å². The van der Waals surface area contributed by atoms with Crippen LogP contribution in [0.4, 0.5) is 0 Å². The molecule has 0 radical (unpaired) electrons. The molecule has 0 aliphatic carbocycles. The van der Waals surface area contributed by atoms with E-state index in [9.17, 15) is 9.59 Å². The van der Waals surface area contributed by atoms with Gasteiger partial charge in [0, 0.05) is 19.6 Å². The number of hydrogen-bond acceptors (Lipinski definition) is 4. The molecule has 2 N–H and O–H groups in total. The van der Waals surface area contributed by atoms with E-state index in [1.54, 1.807) is 0 Å². The Morgan fingerprint density at radius 2 is 2.30 bits per heavy atom. The van der Waals surface area contributed by atoms with Gasteiger partial charge in [-0.3, -0.25) is 9.59 Å². The summed E-state index contributed by atoms with van der Waals surface area (Å²) in [7, 11) is 0. The van der Waals surface area contributed by atoms with Crippen molar-refractivity contribution in [2.24, 2.45) is 5.92 Å². The summed E-state index contributed by atoms with van der Waals surface area (Å²) in [6, 6.07) is 0. The van der Waals surface area contributed by atoms with Gasteiger partial charge in [0.15, 0.2) is 0 Å². The van der Waals surface area contributed by atoms with Gasteiger partial charge < -0.3 is 19.9 Å². The predicted octanol–water partition coefficient (Wildman–Crippen LogP) is 0.946. The van der Waals surface area contributed by atoms with Gasteiger partial charge in [0.2, 0.25) is 0 Å². The summed E-state index contributed by atoms with van der Waals surface area (Å²) < 4.78 is 5.67. The van der Waals surface area contributed by atoms with Gasteiger partial charge in [-0.05, 0) is 38.5 Å². The number of likely N-dealkylation sites (tertiary alicyclic amines) is 1. The van der Waals surface area contributed by atoms with E-state index in [0.717, 1.165) is 38.8 Å². The molecule has 2 aliphatic rings. The zero-order valence-electron chi connectivity index (χ0n) is 13.5. The van der Waals surface area contributed by atoms with Crippen molar-refractivity contribution in [2.75, 3.05) is 19.6 Å². The van der Waals surface area contributed by atoms with Crippen molar-refractivity contribution in [1.82, 2.24) is 20.2 Å². The lowest BCUT2D eigenvalue weighted by Gasteiger charge is -2.20. The number of carbonyl (C=O) groups is 2. The minimum Gasteiger partial charge on any atom is -0.365 e. The van der Waals surface area contributed by atoms with E-state index in [4.69, 9.17) is 4.74 Å². The van der Waals surface area contributed by atoms with Crippen LogP contribution in [0.2, 0.25) is 0 Å². The number of rotatable bonds is 5. The quantitative estimate of drug-likeness (QED) is 0.845. The fourth-order valence-corrected chi connectivity index (χ4v) is 3.32. The molecule has 0 spiro atoms. The molecule has 3 rings (SSSR count). The first-order valence-corrected chi connectivity index (χ1v) is 8.34. The maximum atomic E-state index is 12.4. The zero-order chi connectivity index (χ0) is 16.2. The predicted molar refractivity (Wildman–Crippen MR) is 83.8 cm³/mol. The van der Waals surface area contributed by atoms with E-state index in [1.165, 1.54) is 12.5 Å². The summed E-state index contributed by atoms with van der Waals surface area (Å²) in [5, 5.41) is 2.88. The third kappa shape index (κ3) is 3.90. The summed E-state index contributed by atoms with van der Waals surface area (Å²) >= 11 is 0. The molecule has 7 heteroatoms. The molecule has 126 valence electrons. The Bertz CT molecular complexity index is 546. The van der Waals surface area contributed by atoms with Crippen molar-refractivity contribution in [3.63, 3.8) is 0 Å². The van der Waals surface area contributed by atoms with Crippen LogP contribution in [0.15, 0.2) is 12.5 Å². The summed E-state index contributed by atoms with van der Waals surface area (Å²) in [6.07, 6.45) is 6.62. The van der Waals surface area contributed by atoms with Crippen LogP contribution in [0.1, 0.15) is 43.1 Å². The van der Waals surface area contributed by atoms with Crippen molar-refractivity contribution in [3.8, 4) is 0 Å². The van der Waals surface area contributed by atoms with Gasteiger partial charge in [-0.1, -0.05) is 0 Å². The Kier molecular flexibility index (Phi) is 4.95. The van der Waals surface area contributed by atoms with Crippen LogP contribution >= 0.6 is 0 Å². The molecule has 0 saturated carbocycles. The number of hydrogen-bond donors (Lipinski definition) is 2. The molecule has 2 amide bonds. The summed E-state index contributed by atoms with van der Waals surface area (Å²) in [6.45, 7) is 4.20. The lowest BCUT2D eigenvalue weighted by Crippen LogP contribution is -2.37. The first-order valence-electron chi connectivity index (χ1n) is 8.34. The average molecular weight is 320 g/mol. The number of aromatic nitrogens is 2. The van der Waals surface area contributed by atoms with Gasteiger partial charge in [0.05, 0.1) is 18.6 Å². The standard InChI is InChI=1S/C16H24N4O3/c1-11-2-3-14(23-11)16(22)20-7-5-12(9-20)4-6-18-15(21)13-8-17-10-19-13/h8,10-12,14H,2-7,9H2,1H3,(H,17,19)(H,18,21). The van der Waals surface area contributed by atoms with E-state index >= 15 is 0 Å². The molecule has 7 nitrogen and oxygen atoms in total. The van der Waals surface area contributed by atoms with Gasteiger partial charge >= 0.3 is 0 Å². The molecule has 2 aliphatic heterocycles. The lowest BCUT2D eigenvalue weighted by molar-refractivity contribution is -0.141.